The van der Waals surface area contributed by atoms with Crippen LogP contribution in [0.4, 0.5) is 5.82 Å². The summed E-state index contributed by atoms with van der Waals surface area (Å²) in [6, 6.07) is 9.77. The van der Waals surface area contributed by atoms with E-state index in [0.29, 0.717) is 47.1 Å². The second kappa shape index (κ2) is 10.0. The van der Waals surface area contributed by atoms with Gasteiger partial charge in [-0.3, -0.25) is 9.59 Å². The number of ketones is 1. The molecule has 1 aromatic carbocycles. The minimum atomic E-state index is -3.29. The van der Waals surface area contributed by atoms with Gasteiger partial charge in [0.15, 0.2) is 15.6 Å². The van der Waals surface area contributed by atoms with Gasteiger partial charge in [-0.05, 0) is 68.5 Å². The summed E-state index contributed by atoms with van der Waals surface area (Å²) in [6.45, 7) is 7.19. The molecule has 0 fully saturated rings. The summed E-state index contributed by atoms with van der Waals surface area (Å²) in [4.78, 5) is 31.2. The molecule has 37 heavy (non-hydrogen) atoms. The summed E-state index contributed by atoms with van der Waals surface area (Å²) in [7, 11) is -1.77. The van der Waals surface area contributed by atoms with E-state index in [9.17, 15) is 18.0 Å². The molecule has 1 unspecified atom stereocenters. The van der Waals surface area contributed by atoms with Crippen LogP contribution in [0, 0.1) is 13.8 Å². The number of aryl methyl sites for hydroxylation is 3. The number of nitrogens with one attached hydrogen (secondary N) is 1. The molecule has 2 aromatic heterocycles. The normalized spacial score (nSPS) is 17.3. The van der Waals surface area contributed by atoms with E-state index in [1.165, 1.54) is 19.2 Å². The maximum absolute atomic E-state index is 13.7. The molecule has 1 amide bonds. The number of fused-ring (bicyclic) bond motifs is 1. The van der Waals surface area contributed by atoms with Gasteiger partial charge in [-0.25, -0.2) is 13.4 Å². The van der Waals surface area contributed by atoms with E-state index in [2.05, 4.69) is 20.5 Å². The molecule has 194 valence electrons. The van der Waals surface area contributed by atoms with Gasteiger partial charge in [-0.1, -0.05) is 19.1 Å². The first-order chi connectivity index (χ1) is 17.5. The Morgan fingerprint density at radius 2 is 1.81 bits per heavy atom. The number of rotatable bonds is 7. The number of nitrogens with zero attached hydrogens (tertiary/aromatic N) is 3. The number of benzene rings is 1. The minimum Gasteiger partial charge on any atom is -0.480 e. The third kappa shape index (κ3) is 5.11. The second-order valence-corrected chi connectivity index (χ2v) is 11.8. The van der Waals surface area contributed by atoms with E-state index in [4.69, 9.17) is 4.74 Å². The maximum Gasteiger partial charge on any atom is 0.233 e. The fourth-order valence-electron chi connectivity index (χ4n) is 4.74. The van der Waals surface area contributed by atoms with Gasteiger partial charge in [0.25, 0.3) is 0 Å². The van der Waals surface area contributed by atoms with Gasteiger partial charge in [0.05, 0.1) is 41.0 Å². The molecule has 1 aliphatic carbocycles. The van der Waals surface area contributed by atoms with E-state index < -0.39 is 15.3 Å². The van der Waals surface area contributed by atoms with Gasteiger partial charge in [0, 0.05) is 11.6 Å². The number of hydrogen-bond acceptors (Lipinski definition) is 8. The first-order valence-corrected chi connectivity index (χ1v) is 13.7. The second-order valence-electron chi connectivity index (χ2n) is 9.50. The molecule has 0 aliphatic heterocycles. The predicted molar refractivity (Wildman–Crippen MR) is 139 cm³/mol. The summed E-state index contributed by atoms with van der Waals surface area (Å²) < 4.78 is 29.1. The van der Waals surface area contributed by atoms with E-state index in [1.807, 2.05) is 20.8 Å². The molecule has 0 spiro atoms. The molecule has 3 aromatic rings. The Balaban J connectivity index is 1.53. The van der Waals surface area contributed by atoms with E-state index in [-0.39, 0.29) is 28.8 Å². The first kappa shape index (κ1) is 26.4. The Morgan fingerprint density at radius 3 is 2.43 bits per heavy atom. The molecule has 1 N–H and O–H groups in total. The van der Waals surface area contributed by atoms with Crippen molar-refractivity contribution in [1.82, 2.24) is 15.2 Å². The van der Waals surface area contributed by atoms with E-state index in [0.717, 1.165) is 11.1 Å². The summed E-state index contributed by atoms with van der Waals surface area (Å²) in [6.07, 6.45) is 1.12. The van der Waals surface area contributed by atoms with Crippen LogP contribution in [-0.2, 0) is 32.9 Å². The third-order valence-corrected chi connectivity index (χ3v) is 8.62. The largest absolute Gasteiger partial charge is 0.480 e. The zero-order valence-electron chi connectivity index (χ0n) is 21.6. The van der Waals surface area contributed by atoms with Crippen LogP contribution in [0.3, 0.4) is 0 Å². The van der Waals surface area contributed by atoms with Crippen LogP contribution in [0.25, 0.3) is 0 Å². The Bertz CT molecular complexity index is 1490. The summed E-state index contributed by atoms with van der Waals surface area (Å²) >= 11 is 0. The fraction of sp³-hybridized carbons (Fsp3) is 0.370. The highest BCUT2D eigenvalue weighted by Gasteiger charge is 2.44. The van der Waals surface area contributed by atoms with Crippen LogP contribution in [0.1, 0.15) is 58.7 Å². The van der Waals surface area contributed by atoms with Crippen molar-refractivity contribution in [3.8, 4) is 5.88 Å². The Hall–Kier alpha value is -3.66. The van der Waals surface area contributed by atoms with Gasteiger partial charge < -0.3 is 10.1 Å². The number of anilines is 1. The molecule has 2 heterocycles. The highest BCUT2D eigenvalue weighted by molar-refractivity contribution is 7.91. The zero-order chi connectivity index (χ0) is 27.0. The molecule has 0 bridgehead atoms. The number of carbonyl (C=O) groups excluding carboxylic acids is 2. The molecular formula is C27H30N4O5S. The van der Waals surface area contributed by atoms with Gasteiger partial charge in [0.2, 0.25) is 11.8 Å². The number of ether oxygens (including phenoxy) is 1. The molecule has 0 saturated heterocycles. The Kier molecular flexibility index (Phi) is 7.14. The van der Waals surface area contributed by atoms with Gasteiger partial charge in [-0.15, -0.1) is 5.10 Å². The topological polar surface area (TPSA) is 128 Å². The van der Waals surface area contributed by atoms with Gasteiger partial charge in [-0.2, -0.15) is 5.10 Å². The fourth-order valence-corrected chi connectivity index (χ4v) is 5.62. The van der Waals surface area contributed by atoms with Crippen molar-refractivity contribution in [2.45, 2.75) is 57.3 Å². The monoisotopic (exact) mass is 522 g/mol. The molecule has 10 heteroatoms. The number of aromatic nitrogens is 3. The smallest absolute Gasteiger partial charge is 0.233 e. The average molecular weight is 523 g/mol. The molecule has 0 radical (unpaired) electrons. The zero-order valence-corrected chi connectivity index (χ0v) is 22.4. The van der Waals surface area contributed by atoms with Crippen LogP contribution in [0.2, 0.25) is 0 Å². The van der Waals surface area contributed by atoms with Crippen molar-refractivity contribution >= 4 is 27.3 Å². The molecule has 0 saturated carbocycles. The van der Waals surface area contributed by atoms with Crippen LogP contribution in [-0.4, -0.2) is 48.2 Å². The molecule has 1 aliphatic rings. The lowest BCUT2D eigenvalue weighted by Gasteiger charge is -2.34. The van der Waals surface area contributed by atoms with Crippen LogP contribution in [0.15, 0.2) is 41.3 Å². The Labute approximate surface area is 216 Å². The van der Waals surface area contributed by atoms with Crippen molar-refractivity contribution < 1.29 is 22.7 Å². The van der Waals surface area contributed by atoms with Crippen molar-refractivity contribution in [2.75, 3.05) is 18.2 Å². The van der Waals surface area contributed by atoms with E-state index >= 15 is 0 Å². The van der Waals surface area contributed by atoms with Gasteiger partial charge in [0.1, 0.15) is 5.82 Å². The summed E-state index contributed by atoms with van der Waals surface area (Å²) in [5, 5.41) is 11.2. The summed E-state index contributed by atoms with van der Waals surface area (Å²) in [5.74, 6) is 0.442. The quantitative estimate of drug-likeness (QED) is 0.499. The maximum atomic E-state index is 13.7. The predicted octanol–water partition coefficient (Wildman–Crippen LogP) is 3.56. The highest BCUT2D eigenvalue weighted by atomic mass is 32.2. The highest BCUT2D eigenvalue weighted by Crippen LogP contribution is 2.40. The number of methoxy groups -OCH3 is 1. The lowest BCUT2D eigenvalue weighted by atomic mass is 9.69. The molecule has 4 rings (SSSR count). The summed E-state index contributed by atoms with van der Waals surface area (Å²) in [5.41, 5.74) is 3.22. The van der Waals surface area contributed by atoms with Crippen molar-refractivity contribution in [2.24, 2.45) is 0 Å². The van der Waals surface area contributed by atoms with Crippen molar-refractivity contribution in [3.05, 3.63) is 70.0 Å². The molecule has 1 atom stereocenters. The number of carbonyl (C=O) groups is 2. The third-order valence-electron chi connectivity index (χ3n) is 6.87. The minimum absolute atomic E-state index is 0.0188. The number of Topliss-reactive ketones (excluding diaryl/α,β-unsaturated/α-hetero) is 1. The van der Waals surface area contributed by atoms with Crippen molar-refractivity contribution in [1.29, 1.82) is 0 Å². The van der Waals surface area contributed by atoms with Crippen molar-refractivity contribution in [3.63, 3.8) is 0 Å². The van der Waals surface area contributed by atoms with Gasteiger partial charge >= 0.3 is 0 Å². The van der Waals surface area contributed by atoms with E-state index in [1.54, 1.807) is 31.2 Å². The molecule has 9 nitrogen and oxygen atoms in total. The standard InChI is InChI=1S/C27H30N4O5S/c1-6-37(34,35)19-9-7-18(8-10-19)15-22(32)29-21-13-16(2)24-20(28-21)11-12-27(4,26(24)33)25-17(3)14-23(36-5)30-31-25/h7-10,13-14H,6,11-12,15H2,1-5H3,(H,28,29,32). The number of amides is 1. The Morgan fingerprint density at radius 1 is 1.11 bits per heavy atom. The lowest BCUT2D eigenvalue weighted by Crippen LogP contribution is -2.40. The SMILES string of the molecule is CCS(=O)(=O)c1ccc(CC(=O)Nc2cc(C)c3c(n2)CCC(C)(c2nnc(OC)cc2C)C3=O)cc1. The number of pyridine rings is 1. The van der Waals surface area contributed by atoms with Crippen LogP contribution < -0.4 is 10.1 Å². The first-order valence-electron chi connectivity index (χ1n) is 12.0. The average Bonchev–Trinajstić information content (AvgIpc) is 2.86. The molecular weight excluding hydrogens is 492 g/mol. The van der Waals surface area contributed by atoms with Crippen LogP contribution >= 0.6 is 0 Å². The van der Waals surface area contributed by atoms with Crippen LogP contribution in [0.5, 0.6) is 5.88 Å². The number of hydrogen-bond donors (Lipinski definition) is 1. The lowest BCUT2D eigenvalue weighted by molar-refractivity contribution is -0.115. The number of sulfone groups is 1.